The molecule has 0 atom stereocenters. The molecule has 0 aliphatic rings. The Bertz CT molecular complexity index is 301. The lowest BCUT2D eigenvalue weighted by molar-refractivity contribution is 0.482. The topological polar surface area (TPSA) is 36.7 Å². The Morgan fingerprint density at radius 2 is 2.45 bits per heavy atom. The number of pyridine rings is 1. The van der Waals surface area contributed by atoms with Gasteiger partial charge in [0.15, 0.2) is 0 Å². The molecule has 0 fully saturated rings. The van der Waals surface area contributed by atoms with E-state index in [-0.39, 0.29) is 0 Å². The lowest BCUT2D eigenvalue weighted by Crippen LogP contribution is -1.90. The number of alkyl halides is 1. The molecule has 1 rings (SSSR count). The van der Waals surface area contributed by atoms with Gasteiger partial charge in [0.2, 0.25) is 0 Å². The van der Waals surface area contributed by atoms with Crippen molar-refractivity contribution in [3.8, 4) is 6.07 Å². The Kier molecular flexibility index (Phi) is 2.17. The molecule has 1 heterocycles. The highest BCUT2D eigenvalue weighted by Crippen LogP contribution is 2.08. The van der Waals surface area contributed by atoms with Crippen LogP contribution >= 0.6 is 0 Å². The maximum absolute atomic E-state index is 12.2. The second-order valence-corrected chi connectivity index (χ2v) is 2.21. The standard InChI is InChI=1S/C8H7FN2/c1-6-8(3-9)2-7(4-10)5-11-6/h2,5H,3H2,1H3. The summed E-state index contributed by atoms with van der Waals surface area (Å²) in [4.78, 5) is 3.86. The van der Waals surface area contributed by atoms with Crippen molar-refractivity contribution in [3.05, 3.63) is 29.1 Å². The van der Waals surface area contributed by atoms with Gasteiger partial charge in [-0.15, -0.1) is 0 Å². The molecule has 0 aliphatic heterocycles. The van der Waals surface area contributed by atoms with E-state index in [1.54, 1.807) is 6.92 Å². The predicted molar refractivity (Wildman–Crippen MR) is 38.5 cm³/mol. The van der Waals surface area contributed by atoms with Gasteiger partial charge in [-0.1, -0.05) is 0 Å². The third kappa shape index (κ3) is 1.53. The van der Waals surface area contributed by atoms with Crippen LogP contribution in [0.25, 0.3) is 0 Å². The molecule has 0 bridgehead atoms. The Hall–Kier alpha value is -1.43. The largest absolute Gasteiger partial charge is 0.260 e. The smallest absolute Gasteiger partial charge is 0.116 e. The van der Waals surface area contributed by atoms with E-state index < -0.39 is 6.67 Å². The minimum atomic E-state index is -0.561. The summed E-state index contributed by atoms with van der Waals surface area (Å²) in [5.74, 6) is 0. The highest BCUT2D eigenvalue weighted by atomic mass is 19.1. The minimum absolute atomic E-state index is 0.406. The summed E-state index contributed by atoms with van der Waals surface area (Å²) in [6, 6.07) is 3.42. The van der Waals surface area contributed by atoms with Crippen LogP contribution in [0.3, 0.4) is 0 Å². The van der Waals surface area contributed by atoms with Crippen molar-refractivity contribution < 1.29 is 4.39 Å². The zero-order chi connectivity index (χ0) is 8.27. The van der Waals surface area contributed by atoms with E-state index >= 15 is 0 Å². The molecule has 0 amide bonds. The highest BCUT2D eigenvalue weighted by Gasteiger charge is 1.99. The van der Waals surface area contributed by atoms with Gasteiger partial charge in [-0.2, -0.15) is 5.26 Å². The van der Waals surface area contributed by atoms with Crippen LogP contribution in [-0.4, -0.2) is 4.98 Å². The van der Waals surface area contributed by atoms with Crippen molar-refractivity contribution in [2.75, 3.05) is 0 Å². The van der Waals surface area contributed by atoms with Crippen molar-refractivity contribution in [1.29, 1.82) is 5.26 Å². The normalized spacial score (nSPS) is 9.18. The van der Waals surface area contributed by atoms with Gasteiger partial charge >= 0.3 is 0 Å². The van der Waals surface area contributed by atoms with E-state index in [1.807, 2.05) is 6.07 Å². The summed E-state index contributed by atoms with van der Waals surface area (Å²) in [5.41, 5.74) is 1.54. The zero-order valence-electron chi connectivity index (χ0n) is 6.13. The molecular weight excluding hydrogens is 143 g/mol. The first kappa shape index (κ1) is 7.67. The van der Waals surface area contributed by atoms with Crippen molar-refractivity contribution in [3.63, 3.8) is 0 Å². The van der Waals surface area contributed by atoms with Gasteiger partial charge in [-0.25, -0.2) is 4.39 Å². The van der Waals surface area contributed by atoms with E-state index in [9.17, 15) is 4.39 Å². The molecular formula is C8H7FN2. The summed E-state index contributed by atoms with van der Waals surface area (Å²) >= 11 is 0. The molecule has 56 valence electrons. The van der Waals surface area contributed by atoms with Crippen LogP contribution in [0, 0.1) is 18.3 Å². The quantitative estimate of drug-likeness (QED) is 0.611. The predicted octanol–water partition coefficient (Wildman–Crippen LogP) is 1.73. The molecule has 0 saturated heterocycles. The van der Waals surface area contributed by atoms with E-state index in [4.69, 9.17) is 5.26 Å². The van der Waals surface area contributed by atoms with Crippen molar-refractivity contribution in [2.24, 2.45) is 0 Å². The highest BCUT2D eigenvalue weighted by molar-refractivity contribution is 5.32. The first-order valence-corrected chi connectivity index (χ1v) is 3.19. The molecule has 3 heteroatoms. The van der Waals surface area contributed by atoms with Crippen molar-refractivity contribution in [1.82, 2.24) is 4.98 Å². The van der Waals surface area contributed by atoms with E-state index in [2.05, 4.69) is 4.98 Å². The summed E-state index contributed by atoms with van der Waals surface area (Å²) in [5, 5.41) is 8.44. The number of hydrogen-bond donors (Lipinski definition) is 0. The van der Waals surface area contributed by atoms with Gasteiger partial charge in [-0.05, 0) is 13.0 Å². The number of hydrogen-bond acceptors (Lipinski definition) is 2. The summed E-state index contributed by atoms with van der Waals surface area (Å²) in [7, 11) is 0. The molecule has 0 N–H and O–H groups in total. The van der Waals surface area contributed by atoms with Crippen LogP contribution in [0.5, 0.6) is 0 Å². The van der Waals surface area contributed by atoms with Gasteiger partial charge in [-0.3, -0.25) is 4.98 Å². The maximum Gasteiger partial charge on any atom is 0.116 e. The number of rotatable bonds is 1. The molecule has 1 aromatic heterocycles. The van der Waals surface area contributed by atoms with Crippen LogP contribution in [-0.2, 0) is 6.67 Å². The molecule has 0 radical (unpaired) electrons. The summed E-state index contributed by atoms with van der Waals surface area (Å²) < 4.78 is 12.2. The van der Waals surface area contributed by atoms with E-state index in [0.29, 0.717) is 16.8 Å². The van der Waals surface area contributed by atoms with Crippen LogP contribution in [0.1, 0.15) is 16.8 Å². The number of aryl methyl sites for hydroxylation is 1. The van der Waals surface area contributed by atoms with E-state index in [0.717, 1.165) is 0 Å². The molecule has 0 spiro atoms. The number of nitrogens with zero attached hydrogens (tertiary/aromatic N) is 2. The Balaban J connectivity index is 3.15. The van der Waals surface area contributed by atoms with Crippen molar-refractivity contribution in [2.45, 2.75) is 13.6 Å². The fraction of sp³-hybridized carbons (Fsp3) is 0.250. The average Bonchev–Trinajstić information content (AvgIpc) is 2.05. The van der Waals surface area contributed by atoms with Gasteiger partial charge in [0.25, 0.3) is 0 Å². The fourth-order valence-corrected chi connectivity index (χ4v) is 0.775. The zero-order valence-corrected chi connectivity index (χ0v) is 6.13. The van der Waals surface area contributed by atoms with Crippen LogP contribution < -0.4 is 0 Å². The molecule has 11 heavy (non-hydrogen) atoms. The minimum Gasteiger partial charge on any atom is -0.260 e. The Morgan fingerprint density at radius 1 is 1.73 bits per heavy atom. The lowest BCUT2D eigenvalue weighted by atomic mass is 10.2. The molecule has 0 unspecified atom stereocenters. The Labute approximate surface area is 64.3 Å². The molecule has 0 aromatic carbocycles. The number of aromatic nitrogens is 1. The first-order chi connectivity index (χ1) is 5.27. The van der Waals surface area contributed by atoms with Gasteiger partial charge in [0, 0.05) is 17.5 Å². The van der Waals surface area contributed by atoms with Gasteiger partial charge < -0.3 is 0 Å². The fourth-order valence-electron chi connectivity index (χ4n) is 0.775. The lowest BCUT2D eigenvalue weighted by Gasteiger charge is -1.98. The second kappa shape index (κ2) is 3.11. The Morgan fingerprint density at radius 3 is 3.00 bits per heavy atom. The molecule has 1 aromatic rings. The maximum atomic E-state index is 12.2. The monoisotopic (exact) mass is 150 g/mol. The third-order valence-corrected chi connectivity index (χ3v) is 1.46. The number of halogens is 1. The summed E-state index contributed by atoms with van der Waals surface area (Å²) in [6.45, 7) is 1.16. The van der Waals surface area contributed by atoms with Crippen LogP contribution in [0.4, 0.5) is 4.39 Å². The van der Waals surface area contributed by atoms with Gasteiger partial charge in [0.1, 0.15) is 12.7 Å². The van der Waals surface area contributed by atoms with Gasteiger partial charge in [0.05, 0.1) is 5.56 Å². The molecule has 0 saturated carbocycles. The average molecular weight is 150 g/mol. The first-order valence-electron chi connectivity index (χ1n) is 3.19. The molecule has 2 nitrogen and oxygen atoms in total. The number of nitriles is 1. The SMILES string of the molecule is Cc1ncc(C#N)cc1CF. The van der Waals surface area contributed by atoms with Crippen LogP contribution in [0.2, 0.25) is 0 Å². The van der Waals surface area contributed by atoms with E-state index in [1.165, 1.54) is 12.3 Å². The molecule has 0 aliphatic carbocycles. The second-order valence-electron chi connectivity index (χ2n) is 2.21. The van der Waals surface area contributed by atoms with Crippen LogP contribution in [0.15, 0.2) is 12.3 Å². The third-order valence-electron chi connectivity index (χ3n) is 1.46. The van der Waals surface area contributed by atoms with Crippen molar-refractivity contribution >= 4 is 0 Å². The summed E-state index contributed by atoms with van der Waals surface area (Å²) in [6.07, 6.45) is 1.44.